The second kappa shape index (κ2) is 7.75. The van der Waals surface area contributed by atoms with Crippen molar-refractivity contribution in [1.82, 2.24) is 4.90 Å². The van der Waals surface area contributed by atoms with Crippen molar-refractivity contribution in [1.29, 1.82) is 0 Å². The molecule has 6 heteroatoms. The molecule has 2 rings (SSSR count). The van der Waals surface area contributed by atoms with Gasteiger partial charge in [0, 0.05) is 17.6 Å². The molecule has 1 aromatic carbocycles. The maximum absolute atomic E-state index is 12.4. The predicted octanol–water partition coefficient (Wildman–Crippen LogP) is 5.30. The molecule has 23 heavy (non-hydrogen) atoms. The fourth-order valence-corrected chi connectivity index (χ4v) is 3.18. The number of carbonyl (C=O) groups excluding carboxylic acids is 1. The number of benzene rings is 1. The van der Waals surface area contributed by atoms with Gasteiger partial charge in [0.1, 0.15) is 5.60 Å². The van der Waals surface area contributed by atoms with E-state index in [1.165, 1.54) is 0 Å². The van der Waals surface area contributed by atoms with E-state index in [9.17, 15) is 4.79 Å². The maximum Gasteiger partial charge on any atom is 0.410 e. The summed E-state index contributed by atoms with van der Waals surface area (Å²) in [5.41, 5.74) is 0.399. The minimum absolute atomic E-state index is 0.119. The minimum atomic E-state index is -0.472. The summed E-state index contributed by atoms with van der Waals surface area (Å²) in [4.78, 5) is 14.2. The van der Waals surface area contributed by atoms with Crippen LogP contribution in [0.4, 0.5) is 10.5 Å². The van der Waals surface area contributed by atoms with E-state index in [0.717, 1.165) is 36.0 Å². The molecule has 1 aliphatic heterocycles. The Morgan fingerprint density at radius 1 is 1.43 bits per heavy atom. The van der Waals surface area contributed by atoms with Gasteiger partial charge in [-0.2, -0.15) is 0 Å². The van der Waals surface area contributed by atoms with Crippen molar-refractivity contribution < 1.29 is 9.53 Å². The number of piperidine rings is 1. The van der Waals surface area contributed by atoms with Crippen LogP contribution in [0.1, 0.15) is 40.0 Å². The first-order chi connectivity index (χ1) is 10.8. The maximum atomic E-state index is 12.4. The van der Waals surface area contributed by atoms with Crippen LogP contribution in [0.25, 0.3) is 0 Å². The lowest BCUT2D eigenvalue weighted by Crippen LogP contribution is -2.48. The van der Waals surface area contributed by atoms with Crippen molar-refractivity contribution in [2.24, 2.45) is 0 Å². The minimum Gasteiger partial charge on any atom is -0.444 e. The molecule has 1 aliphatic rings. The lowest BCUT2D eigenvalue weighted by atomic mass is 10.0. The Balaban J connectivity index is 2.01. The van der Waals surface area contributed by atoms with E-state index in [1.807, 2.05) is 43.9 Å². The Hall–Kier alpha value is -0.940. The number of nitrogens with one attached hydrogen (secondary N) is 1. The number of nitrogens with zero attached hydrogens (tertiary/aromatic N) is 1. The lowest BCUT2D eigenvalue weighted by Gasteiger charge is -2.37. The van der Waals surface area contributed by atoms with E-state index in [4.69, 9.17) is 16.3 Å². The number of carbonyl (C=O) groups is 1. The molecule has 0 aliphatic carbocycles. The quantitative estimate of drug-likeness (QED) is 0.744. The number of hydrogen-bond donors (Lipinski definition) is 1. The highest BCUT2D eigenvalue weighted by atomic mass is 79.9. The van der Waals surface area contributed by atoms with Crippen molar-refractivity contribution in [3.63, 3.8) is 0 Å². The van der Waals surface area contributed by atoms with E-state index < -0.39 is 5.60 Å². The van der Waals surface area contributed by atoms with Gasteiger partial charge in [-0.3, -0.25) is 0 Å². The van der Waals surface area contributed by atoms with Crippen LogP contribution < -0.4 is 5.32 Å². The van der Waals surface area contributed by atoms with Crippen LogP contribution in [0, 0.1) is 0 Å². The molecule has 1 aromatic rings. The van der Waals surface area contributed by atoms with Crippen molar-refractivity contribution >= 4 is 39.3 Å². The zero-order chi connectivity index (χ0) is 17.0. The first-order valence-electron chi connectivity index (χ1n) is 7.95. The standard InChI is InChI=1S/C17H24BrClN2O2/c1-17(2,3)23-16(22)21-9-5-4-6-13(21)11-20-15-10-12(18)7-8-14(15)19/h7-8,10,13,20H,4-6,9,11H2,1-3H3. The topological polar surface area (TPSA) is 41.6 Å². The molecular weight excluding hydrogens is 380 g/mol. The summed E-state index contributed by atoms with van der Waals surface area (Å²) >= 11 is 9.66. The molecule has 1 saturated heterocycles. The Morgan fingerprint density at radius 3 is 2.87 bits per heavy atom. The van der Waals surface area contributed by atoms with Crippen LogP contribution >= 0.6 is 27.5 Å². The summed E-state index contributed by atoms with van der Waals surface area (Å²) in [6.45, 7) is 7.08. The zero-order valence-corrected chi connectivity index (χ0v) is 16.2. The summed E-state index contributed by atoms with van der Waals surface area (Å²) in [5.74, 6) is 0. The van der Waals surface area contributed by atoms with Gasteiger partial charge in [0.2, 0.25) is 0 Å². The molecule has 0 aromatic heterocycles. The van der Waals surface area contributed by atoms with Crippen molar-refractivity contribution in [2.45, 2.75) is 51.7 Å². The van der Waals surface area contributed by atoms with Crippen LogP contribution in [0.2, 0.25) is 5.02 Å². The average Bonchev–Trinajstić information content (AvgIpc) is 2.47. The highest BCUT2D eigenvalue weighted by Crippen LogP contribution is 2.27. The SMILES string of the molecule is CC(C)(C)OC(=O)N1CCCCC1CNc1cc(Br)ccc1Cl. The Kier molecular flexibility index (Phi) is 6.20. The van der Waals surface area contributed by atoms with Gasteiger partial charge in [0.15, 0.2) is 0 Å². The van der Waals surface area contributed by atoms with E-state index >= 15 is 0 Å². The molecule has 0 bridgehead atoms. The number of rotatable bonds is 3. The molecule has 1 atom stereocenters. The van der Waals surface area contributed by atoms with Crippen LogP contribution in [-0.2, 0) is 4.74 Å². The number of amides is 1. The van der Waals surface area contributed by atoms with E-state index in [0.29, 0.717) is 11.6 Å². The largest absolute Gasteiger partial charge is 0.444 e. The van der Waals surface area contributed by atoms with Gasteiger partial charge < -0.3 is 15.0 Å². The molecule has 1 unspecified atom stereocenters. The van der Waals surface area contributed by atoms with Gasteiger partial charge in [-0.15, -0.1) is 0 Å². The van der Waals surface area contributed by atoms with Gasteiger partial charge in [-0.25, -0.2) is 4.79 Å². The van der Waals surface area contributed by atoms with Crippen molar-refractivity contribution in [2.75, 3.05) is 18.4 Å². The molecule has 0 radical (unpaired) electrons. The normalized spacial score (nSPS) is 18.7. The first-order valence-corrected chi connectivity index (χ1v) is 9.12. The third-order valence-corrected chi connectivity index (χ3v) is 4.53. The summed E-state index contributed by atoms with van der Waals surface area (Å²) in [7, 11) is 0. The fraction of sp³-hybridized carbons (Fsp3) is 0.588. The molecule has 0 saturated carbocycles. The zero-order valence-electron chi connectivity index (χ0n) is 13.9. The highest BCUT2D eigenvalue weighted by Gasteiger charge is 2.30. The second-order valence-corrected chi connectivity index (χ2v) is 8.15. The molecule has 1 fully saturated rings. The highest BCUT2D eigenvalue weighted by molar-refractivity contribution is 9.10. The van der Waals surface area contributed by atoms with Crippen LogP contribution in [0.15, 0.2) is 22.7 Å². The summed E-state index contributed by atoms with van der Waals surface area (Å²) in [5, 5.41) is 4.03. The van der Waals surface area contributed by atoms with E-state index in [1.54, 1.807) is 0 Å². The average molecular weight is 404 g/mol. The number of hydrogen-bond acceptors (Lipinski definition) is 3. The first kappa shape index (κ1) is 18.4. The third-order valence-electron chi connectivity index (χ3n) is 3.71. The number of ether oxygens (including phenoxy) is 1. The van der Waals surface area contributed by atoms with E-state index in [-0.39, 0.29) is 12.1 Å². The number of halogens is 2. The molecule has 0 spiro atoms. The summed E-state index contributed by atoms with van der Waals surface area (Å²) in [6.07, 6.45) is 2.88. The van der Waals surface area contributed by atoms with Crippen molar-refractivity contribution in [3.8, 4) is 0 Å². The summed E-state index contributed by atoms with van der Waals surface area (Å²) in [6, 6.07) is 5.82. The predicted molar refractivity (Wildman–Crippen MR) is 98.2 cm³/mol. The molecule has 1 amide bonds. The molecular formula is C17H24BrClN2O2. The van der Waals surface area contributed by atoms with Crippen LogP contribution in [0.3, 0.4) is 0 Å². The van der Waals surface area contributed by atoms with Gasteiger partial charge >= 0.3 is 6.09 Å². The van der Waals surface area contributed by atoms with Gasteiger partial charge in [-0.05, 0) is 58.2 Å². The number of likely N-dealkylation sites (tertiary alicyclic amines) is 1. The fourth-order valence-electron chi connectivity index (χ4n) is 2.63. The second-order valence-electron chi connectivity index (χ2n) is 6.83. The van der Waals surface area contributed by atoms with Gasteiger partial charge in [0.05, 0.1) is 16.8 Å². The molecule has 1 N–H and O–H groups in total. The summed E-state index contributed by atoms with van der Waals surface area (Å²) < 4.78 is 6.50. The van der Waals surface area contributed by atoms with Crippen LogP contribution in [0.5, 0.6) is 0 Å². The molecule has 4 nitrogen and oxygen atoms in total. The van der Waals surface area contributed by atoms with E-state index in [2.05, 4.69) is 21.2 Å². The third kappa shape index (κ3) is 5.57. The lowest BCUT2D eigenvalue weighted by molar-refractivity contribution is 0.0114. The van der Waals surface area contributed by atoms with Gasteiger partial charge in [-0.1, -0.05) is 27.5 Å². The van der Waals surface area contributed by atoms with Gasteiger partial charge in [0.25, 0.3) is 0 Å². The van der Waals surface area contributed by atoms with Crippen molar-refractivity contribution in [3.05, 3.63) is 27.7 Å². The Bertz CT molecular complexity index is 560. The Labute approximate surface area is 151 Å². The molecule has 1 heterocycles. The monoisotopic (exact) mass is 402 g/mol. The number of anilines is 1. The Morgan fingerprint density at radius 2 is 2.17 bits per heavy atom. The molecule has 128 valence electrons. The smallest absolute Gasteiger partial charge is 0.410 e. The van der Waals surface area contributed by atoms with Crippen LogP contribution in [-0.4, -0.2) is 35.7 Å².